The summed E-state index contributed by atoms with van der Waals surface area (Å²) in [5.41, 5.74) is 2.17. The molecule has 0 bridgehead atoms. The van der Waals surface area contributed by atoms with E-state index in [9.17, 15) is 0 Å². The molecule has 2 aromatic rings. The summed E-state index contributed by atoms with van der Waals surface area (Å²) in [5.74, 6) is 0.812. The molecule has 3 rings (SSSR count). The third kappa shape index (κ3) is 2.20. The first-order valence-electron chi connectivity index (χ1n) is 6.49. The number of hydrogen-bond acceptors (Lipinski definition) is 2. The summed E-state index contributed by atoms with van der Waals surface area (Å²) in [4.78, 5) is 4.60. The molecule has 0 aromatic carbocycles. The molecular weight excluding hydrogens is 210 g/mol. The van der Waals surface area contributed by atoms with Crippen molar-refractivity contribution >= 4 is 5.65 Å². The van der Waals surface area contributed by atoms with Gasteiger partial charge in [-0.25, -0.2) is 4.98 Å². The quantitative estimate of drug-likeness (QED) is 0.876. The van der Waals surface area contributed by atoms with E-state index in [2.05, 4.69) is 27.8 Å². The Labute approximate surface area is 102 Å². The molecule has 17 heavy (non-hydrogen) atoms. The van der Waals surface area contributed by atoms with Crippen LogP contribution in [0.4, 0.5) is 0 Å². The van der Waals surface area contributed by atoms with Crippen LogP contribution in [0.25, 0.3) is 5.65 Å². The van der Waals surface area contributed by atoms with E-state index in [1.54, 1.807) is 0 Å². The van der Waals surface area contributed by atoms with Crippen molar-refractivity contribution in [1.29, 1.82) is 0 Å². The van der Waals surface area contributed by atoms with Crippen LogP contribution in [-0.2, 0) is 6.54 Å². The fourth-order valence-electron chi connectivity index (χ4n) is 2.76. The van der Waals surface area contributed by atoms with Gasteiger partial charge < -0.3 is 9.72 Å². The summed E-state index contributed by atoms with van der Waals surface area (Å²) in [6.07, 6.45) is 8.20. The second-order valence-corrected chi connectivity index (χ2v) is 5.09. The lowest BCUT2D eigenvalue weighted by Gasteiger charge is -2.16. The molecule has 1 saturated carbocycles. The Balaban J connectivity index is 1.68. The molecule has 0 radical (unpaired) electrons. The van der Waals surface area contributed by atoms with Gasteiger partial charge in [-0.3, -0.25) is 0 Å². The number of pyridine rings is 1. The highest BCUT2D eigenvalue weighted by atomic mass is 15.0. The van der Waals surface area contributed by atoms with E-state index in [1.165, 1.54) is 19.3 Å². The van der Waals surface area contributed by atoms with Crippen LogP contribution in [-0.4, -0.2) is 15.4 Å². The Morgan fingerprint density at radius 1 is 1.41 bits per heavy atom. The lowest BCUT2D eigenvalue weighted by Crippen LogP contribution is -2.30. The van der Waals surface area contributed by atoms with Gasteiger partial charge in [0.05, 0.1) is 5.69 Å². The molecule has 2 aromatic heterocycles. The van der Waals surface area contributed by atoms with Gasteiger partial charge in [-0.05, 0) is 30.9 Å². The average Bonchev–Trinajstić information content (AvgIpc) is 2.92. The van der Waals surface area contributed by atoms with Gasteiger partial charge in [-0.2, -0.15) is 0 Å². The predicted octanol–water partition coefficient (Wildman–Crippen LogP) is 2.61. The van der Waals surface area contributed by atoms with Crippen LogP contribution in [0.15, 0.2) is 30.6 Å². The lowest BCUT2D eigenvalue weighted by atomic mass is 10.1. The van der Waals surface area contributed by atoms with Crippen LogP contribution >= 0.6 is 0 Å². The van der Waals surface area contributed by atoms with Gasteiger partial charge in [-0.15, -0.1) is 0 Å². The van der Waals surface area contributed by atoms with E-state index < -0.39 is 0 Å². The second-order valence-electron chi connectivity index (χ2n) is 5.09. The van der Waals surface area contributed by atoms with Gasteiger partial charge >= 0.3 is 0 Å². The third-order valence-electron chi connectivity index (χ3n) is 3.82. The molecule has 3 heteroatoms. The zero-order valence-corrected chi connectivity index (χ0v) is 10.3. The van der Waals surface area contributed by atoms with Gasteiger partial charge in [0, 0.05) is 25.0 Å². The highest BCUT2D eigenvalue weighted by Gasteiger charge is 2.22. The second kappa shape index (κ2) is 4.49. The maximum Gasteiger partial charge on any atom is 0.137 e. The van der Waals surface area contributed by atoms with Crippen molar-refractivity contribution in [1.82, 2.24) is 14.7 Å². The smallest absolute Gasteiger partial charge is 0.137 e. The number of aromatic nitrogens is 2. The van der Waals surface area contributed by atoms with Crippen molar-refractivity contribution < 1.29 is 0 Å². The Morgan fingerprint density at radius 3 is 3.12 bits per heavy atom. The van der Waals surface area contributed by atoms with E-state index in [0.717, 1.165) is 23.8 Å². The van der Waals surface area contributed by atoms with E-state index in [4.69, 9.17) is 0 Å². The summed E-state index contributed by atoms with van der Waals surface area (Å²) in [6, 6.07) is 6.78. The number of nitrogens with zero attached hydrogens (tertiary/aromatic N) is 2. The lowest BCUT2D eigenvalue weighted by molar-refractivity contribution is 0.424. The molecule has 2 heterocycles. The van der Waals surface area contributed by atoms with Crippen molar-refractivity contribution in [2.24, 2.45) is 5.92 Å². The van der Waals surface area contributed by atoms with Gasteiger partial charge in [-0.1, -0.05) is 19.4 Å². The summed E-state index contributed by atoms with van der Waals surface area (Å²) in [6.45, 7) is 3.23. The van der Waals surface area contributed by atoms with Crippen molar-refractivity contribution in [2.75, 3.05) is 0 Å². The minimum atomic E-state index is 0.680. The van der Waals surface area contributed by atoms with Crippen LogP contribution in [0.5, 0.6) is 0 Å². The Bertz CT molecular complexity index is 470. The number of rotatable bonds is 3. The van der Waals surface area contributed by atoms with Crippen molar-refractivity contribution in [2.45, 2.75) is 38.8 Å². The first kappa shape index (κ1) is 10.8. The molecule has 0 saturated heterocycles. The van der Waals surface area contributed by atoms with Crippen LogP contribution in [0.1, 0.15) is 31.9 Å². The van der Waals surface area contributed by atoms with E-state index >= 15 is 0 Å². The maximum atomic E-state index is 4.60. The fourth-order valence-corrected chi connectivity index (χ4v) is 2.76. The number of imidazole rings is 1. The minimum absolute atomic E-state index is 0.680. The Hall–Kier alpha value is -1.35. The van der Waals surface area contributed by atoms with Crippen molar-refractivity contribution in [3.8, 4) is 0 Å². The topological polar surface area (TPSA) is 29.3 Å². The highest BCUT2D eigenvalue weighted by Crippen LogP contribution is 2.24. The zero-order valence-electron chi connectivity index (χ0n) is 10.3. The molecule has 3 nitrogen and oxygen atoms in total. The first-order chi connectivity index (χ1) is 8.33. The molecule has 2 unspecified atom stereocenters. The van der Waals surface area contributed by atoms with Crippen molar-refractivity contribution in [3.63, 3.8) is 0 Å². The molecule has 0 aliphatic heterocycles. The average molecular weight is 229 g/mol. The molecule has 2 atom stereocenters. The standard InChI is InChI=1S/C14H19N3/c1-11-5-4-6-13(11)15-9-12-10-17-8-3-2-7-14(17)16-12/h2-3,7-8,10-11,13,15H,4-6,9H2,1H3. The molecular formula is C14H19N3. The first-order valence-corrected chi connectivity index (χ1v) is 6.49. The van der Waals surface area contributed by atoms with Crippen LogP contribution in [0, 0.1) is 5.92 Å². The predicted molar refractivity (Wildman–Crippen MR) is 68.8 cm³/mol. The van der Waals surface area contributed by atoms with Gasteiger partial charge in [0.2, 0.25) is 0 Å². The molecule has 90 valence electrons. The van der Waals surface area contributed by atoms with Crippen LogP contribution in [0.2, 0.25) is 0 Å². The van der Waals surface area contributed by atoms with E-state index in [0.29, 0.717) is 6.04 Å². The van der Waals surface area contributed by atoms with Gasteiger partial charge in [0.15, 0.2) is 0 Å². The van der Waals surface area contributed by atoms with Crippen LogP contribution in [0.3, 0.4) is 0 Å². The monoisotopic (exact) mass is 229 g/mol. The molecule has 1 aliphatic carbocycles. The van der Waals surface area contributed by atoms with Crippen molar-refractivity contribution in [3.05, 3.63) is 36.3 Å². The highest BCUT2D eigenvalue weighted by molar-refractivity contribution is 5.39. The SMILES string of the molecule is CC1CCCC1NCc1cn2ccccc2n1. The molecule has 0 amide bonds. The minimum Gasteiger partial charge on any atom is -0.308 e. The van der Waals surface area contributed by atoms with Gasteiger partial charge in [0.1, 0.15) is 5.65 Å². The third-order valence-corrected chi connectivity index (χ3v) is 3.82. The number of nitrogens with one attached hydrogen (secondary N) is 1. The zero-order chi connectivity index (χ0) is 11.7. The number of fused-ring (bicyclic) bond motifs is 1. The van der Waals surface area contributed by atoms with Crippen LogP contribution < -0.4 is 5.32 Å². The van der Waals surface area contributed by atoms with Gasteiger partial charge in [0.25, 0.3) is 0 Å². The number of hydrogen-bond donors (Lipinski definition) is 1. The normalized spacial score (nSPS) is 24.5. The fraction of sp³-hybridized carbons (Fsp3) is 0.500. The molecule has 0 spiro atoms. The summed E-state index contributed by atoms with van der Waals surface area (Å²) in [7, 11) is 0. The molecule has 1 N–H and O–H groups in total. The Kier molecular flexibility index (Phi) is 2.85. The van der Waals surface area contributed by atoms with E-state index in [1.807, 2.05) is 24.4 Å². The maximum absolute atomic E-state index is 4.60. The van der Waals surface area contributed by atoms with E-state index in [-0.39, 0.29) is 0 Å². The summed E-state index contributed by atoms with van der Waals surface area (Å²) >= 11 is 0. The largest absolute Gasteiger partial charge is 0.308 e. The summed E-state index contributed by atoms with van der Waals surface area (Å²) < 4.78 is 2.08. The summed E-state index contributed by atoms with van der Waals surface area (Å²) in [5, 5.41) is 3.63. The Morgan fingerprint density at radius 2 is 2.35 bits per heavy atom. The molecule has 1 aliphatic rings. The molecule has 1 fully saturated rings.